The van der Waals surface area contributed by atoms with Crippen LogP contribution in [-0.4, -0.2) is 45.9 Å². The minimum Gasteiger partial charge on any atom is -0.497 e. The summed E-state index contributed by atoms with van der Waals surface area (Å²) in [6.45, 7) is 5.97. The van der Waals surface area contributed by atoms with Crippen molar-refractivity contribution in [2.45, 2.75) is 32.8 Å². The number of aldehydes is 1. The first-order chi connectivity index (χ1) is 14.2. The fraction of sp³-hybridized carbons (Fsp3) is 0.391. The van der Waals surface area contributed by atoms with Crippen molar-refractivity contribution in [3.63, 3.8) is 0 Å². The van der Waals surface area contributed by atoms with Gasteiger partial charge < -0.3 is 18.9 Å². The molecule has 3 rings (SSSR count). The predicted octanol–water partition coefficient (Wildman–Crippen LogP) is 4.49. The number of carbonyl (C=O) groups is 2. The van der Waals surface area contributed by atoms with Gasteiger partial charge in [0.25, 0.3) is 0 Å². The third-order valence-electron chi connectivity index (χ3n) is 4.86. The van der Waals surface area contributed by atoms with Crippen LogP contribution in [0, 0.1) is 0 Å². The van der Waals surface area contributed by atoms with Gasteiger partial charge in [0.1, 0.15) is 11.4 Å². The van der Waals surface area contributed by atoms with Gasteiger partial charge in [0.15, 0.2) is 17.8 Å². The summed E-state index contributed by atoms with van der Waals surface area (Å²) in [5.41, 5.74) is 2.76. The summed E-state index contributed by atoms with van der Waals surface area (Å²) in [6, 6.07) is 7.09. The van der Waals surface area contributed by atoms with Crippen LogP contribution in [0.5, 0.6) is 17.2 Å². The minimum absolute atomic E-state index is 0.416. The molecule has 0 aromatic heterocycles. The number of benzene rings is 2. The van der Waals surface area contributed by atoms with Gasteiger partial charge >= 0.3 is 6.09 Å². The van der Waals surface area contributed by atoms with Crippen molar-refractivity contribution >= 4 is 18.1 Å². The molecule has 30 heavy (non-hydrogen) atoms. The molecule has 1 aliphatic heterocycles. The Bertz CT molecular complexity index is 977. The van der Waals surface area contributed by atoms with Gasteiger partial charge in [0.2, 0.25) is 0 Å². The number of amides is 1. The molecule has 0 unspecified atom stereocenters. The van der Waals surface area contributed by atoms with E-state index in [-0.39, 0.29) is 0 Å². The molecule has 1 aliphatic rings. The molecule has 7 nitrogen and oxygen atoms in total. The molecule has 2 aromatic carbocycles. The zero-order valence-electron chi connectivity index (χ0n) is 18.2. The van der Waals surface area contributed by atoms with E-state index in [4.69, 9.17) is 18.9 Å². The summed E-state index contributed by atoms with van der Waals surface area (Å²) in [4.78, 5) is 26.4. The van der Waals surface area contributed by atoms with Crippen molar-refractivity contribution in [2.24, 2.45) is 0 Å². The fourth-order valence-electron chi connectivity index (χ4n) is 3.57. The number of rotatable bonds is 5. The normalized spacial score (nSPS) is 12.9. The summed E-state index contributed by atoms with van der Waals surface area (Å²) >= 11 is 0. The zero-order chi connectivity index (χ0) is 22.1. The first-order valence-electron chi connectivity index (χ1n) is 9.65. The molecule has 0 fully saturated rings. The van der Waals surface area contributed by atoms with Crippen LogP contribution in [0.3, 0.4) is 0 Å². The Kier molecular flexibility index (Phi) is 5.92. The molecule has 2 aromatic rings. The maximum atomic E-state index is 12.9. The number of nitrogens with zero attached hydrogens (tertiary/aromatic N) is 1. The lowest BCUT2D eigenvalue weighted by Gasteiger charge is -2.26. The number of hydrogen-bond donors (Lipinski definition) is 0. The topological polar surface area (TPSA) is 74.3 Å². The summed E-state index contributed by atoms with van der Waals surface area (Å²) in [5.74, 6) is 1.57. The summed E-state index contributed by atoms with van der Waals surface area (Å²) < 4.78 is 21.8. The Morgan fingerprint density at radius 3 is 2.20 bits per heavy atom. The average Bonchev–Trinajstić information content (AvgIpc) is 3.14. The SMILES string of the molecule is COc1cc2c(c(-c3cc(OC)c(OC)cc3C=O)c1)N(C(=O)OC(C)(C)C)CC2. The van der Waals surface area contributed by atoms with Crippen LogP contribution < -0.4 is 19.1 Å². The molecular formula is C23H27NO6. The van der Waals surface area contributed by atoms with Crippen molar-refractivity contribution < 1.29 is 28.5 Å². The summed E-state index contributed by atoms with van der Waals surface area (Å²) in [6.07, 6.45) is 0.985. The van der Waals surface area contributed by atoms with E-state index in [2.05, 4.69) is 0 Å². The van der Waals surface area contributed by atoms with Crippen molar-refractivity contribution in [3.8, 4) is 28.4 Å². The molecule has 160 valence electrons. The van der Waals surface area contributed by atoms with E-state index in [0.717, 1.165) is 11.8 Å². The van der Waals surface area contributed by atoms with Crippen LogP contribution in [0.15, 0.2) is 24.3 Å². The van der Waals surface area contributed by atoms with Gasteiger partial charge in [-0.25, -0.2) is 4.79 Å². The van der Waals surface area contributed by atoms with Crippen LogP contribution in [0.1, 0.15) is 36.7 Å². The number of carbonyl (C=O) groups excluding carboxylic acids is 2. The summed E-state index contributed by atoms with van der Waals surface area (Å²) in [5, 5.41) is 0. The molecule has 0 saturated carbocycles. The monoisotopic (exact) mass is 413 g/mol. The highest BCUT2D eigenvalue weighted by Crippen LogP contribution is 2.45. The fourth-order valence-corrected chi connectivity index (χ4v) is 3.57. The number of methoxy groups -OCH3 is 3. The average molecular weight is 413 g/mol. The van der Waals surface area contributed by atoms with E-state index in [1.54, 1.807) is 24.1 Å². The number of fused-ring (bicyclic) bond motifs is 1. The molecule has 0 atom stereocenters. The molecule has 0 spiro atoms. The first kappa shape index (κ1) is 21.5. The Labute approximate surface area is 176 Å². The van der Waals surface area contributed by atoms with Gasteiger partial charge in [0.05, 0.1) is 27.0 Å². The van der Waals surface area contributed by atoms with E-state index in [9.17, 15) is 9.59 Å². The van der Waals surface area contributed by atoms with Gasteiger partial charge in [0, 0.05) is 17.7 Å². The second kappa shape index (κ2) is 8.26. The number of anilines is 1. The van der Waals surface area contributed by atoms with Crippen LogP contribution in [0.25, 0.3) is 11.1 Å². The largest absolute Gasteiger partial charge is 0.497 e. The Hall–Kier alpha value is -3.22. The lowest BCUT2D eigenvalue weighted by molar-refractivity contribution is 0.0584. The van der Waals surface area contributed by atoms with Gasteiger partial charge in [-0.1, -0.05) is 0 Å². The quantitative estimate of drug-likeness (QED) is 0.673. The zero-order valence-corrected chi connectivity index (χ0v) is 18.2. The Morgan fingerprint density at radius 2 is 1.63 bits per heavy atom. The third-order valence-corrected chi connectivity index (χ3v) is 4.86. The van der Waals surface area contributed by atoms with E-state index in [0.29, 0.717) is 52.6 Å². The highest BCUT2D eigenvalue weighted by molar-refractivity contribution is 6.01. The van der Waals surface area contributed by atoms with Crippen LogP contribution >= 0.6 is 0 Å². The van der Waals surface area contributed by atoms with Crippen molar-refractivity contribution in [1.29, 1.82) is 0 Å². The van der Waals surface area contributed by atoms with E-state index in [1.807, 2.05) is 32.9 Å². The first-order valence-corrected chi connectivity index (χ1v) is 9.65. The van der Waals surface area contributed by atoms with Crippen molar-refractivity contribution in [1.82, 2.24) is 0 Å². The molecule has 0 N–H and O–H groups in total. The van der Waals surface area contributed by atoms with Crippen molar-refractivity contribution in [3.05, 3.63) is 35.4 Å². The molecule has 1 amide bonds. The third kappa shape index (κ3) is 4.06. The van der Waals surface area contributed by atoms with Crippen LogP contribution in [-0.2, 0) is 11.2 Å². The number of hydrogen-bond acceptors (Lipinski definition) is 6. The Morgan fingerprint density at radius 1 is 0.967 bits per heavy atom. The highest BCUT2D eigenvalue weighted by Gasteiger charge is 2.32. The van der Waals surface area contributed by atoms with Gasteiger partial charge in [-0.2, -0.15) is 0 Å². The van der Waals surface area contributed by atoms with E-state index < -0.39 is 11.7 Å². The molecule has 7 heteroatoms. The van der Waals surface area contributed by atoms with Crippen molar-refractivity contribution in [2.75, 3.05) is 32.8 Å². The maximum Gasteiger partial charge on any atom is 0.414 e. The molecular weight excluding hydrogens is 386 g/mol. The molecule has 0 saturated heterocycles. The summed E-state index contributed by atoms with van der Waals surface area (Å²) in [7, 11) is 4.63. The van der Waals surface area contributed by atoms with E-state index >= 15 is 0 Å². The van der Waals surface area contributed by atoms with Crippen LogP contribution in [0.2, 0.25) is 0 Å². The molecule has 1 heterocycles. The molecule has 0 bridgehead atoms. The standard InChI is InChI=1S/C23H27NO6/c1-23(2,3)30-22(26)24-8-7-14-9-16(27-4)11-18(21(14)24)17-12-20(29-6)19(28-5)10-15(17)13-25/h9-13H,7-8H2,1-6H3. The second-order valence-corrected chi connectivity index (χ2v) is 7.98. The predicted molar refractivity (Wildman–Crippen MR) is 114 cm³/mol. The Balaban J connectivity index is 2.23. The molecule has 0 aliphatic carbocycles. The maximum absolute atomic E-state index is 12.9. The molecule has 0 radical (unpaired) electrons. The van der Waals surface area contributed by atoms with Gasteiger partial charge in [-0.15, -0.1) is 0 Å². The second-order valence-electron chi connectivity index (χ2n) is 7.98. The van der Waals surface area contributed by atoms with Crippen LogP contribution in [0.4, 0.5) is 10.5 Å². The lowest BCUT2D eigenvalue weighted by atomic mass is 9.95. The van der Waals surface area contributed by atoms with E-state index in [1.165, 1.54) is 14.2 Å². The number of ether oxygens (including phenoxy) is 4. The lowest BCUT2D eigenvalue weighted by Crippen LogP contribution is -2.36. The van der Waals surface area contributed by atoms with Gasteiger partial charge in [-0.3, -0.25) is 9.69 Å². The highest BCUT2D eigenvalue weighted by atomic mass is 16.6. The minimum atomic E-state index is -0.621. The smallest absolute Gasteiger partial charge is 0.414 e. The van der Waals surface area contributed by atoms with Gasteiger partial charge in [-0.05, 0) is 62.6 Å².